The monoisotopic (exact) mass is 373 g/mol. The Bertz CT molecular complexity index is 818. The van der Waals surface area contributed by atoms with Crippen LogP contribution in [0, 0.1) is 6.92 Å². The van der Waals surface area contributed by atoms with Crippen molar-refractivity contribution in [3.8, 4) is 0 Å². The number of thioether (sulfide) groups is 1. The lowest BCUT2D eigenvalue weighted by molar-refractivity contribution is -0.116. The first-order valence-corrected chi connectivity index (χ1v) is 9.17. The summed E-state index contributed by atoms with van der Waals surface area (Å²) in [6.45, 7) is 1.98. The van der Waals surface area contributed by atoms with Gasteiger partial charge >= 0.3 is 0 Å². The second-order valence-corrected chi connectivity index (χ2v) is 7.65. The molecule has 1 heterocycles. The van der Waals surface area contributed by atoms with Crippen LogP contribution in [0.1, 0.15) is 11.1 Å². The van der Waals surface area contributed by atoms with Gasteiger partial charge in [-0.3, -0.25) is 4.79 Å². The molecule has 0 aromatic heterocycles. The van der Waals surface area contributed by atoms with E-state index >= 15 is 0 Å². The zero-order valence-electron chi connectivity index (χ0n) is 14.3. The molecular formula is C19H20ClN3OS. The van der Waals surface area contributed by atoms with Gasteiger partial charge in [-0.15, -0.1) is 0 Å². The maximum absolute atomic E-state index is 12.2. The van der Waals surface area contributed by atoms with Gasteiger partial charge in [0.15, 0.2) is 5.50 Å². The van der Waals surface area contributed by atoms with Gasteiger partial charge < -0.3 is 15.5 Å². The van der Waals surface area contributed by atoms with Crippen molar-refractivity contribution in [2.75, 3.05) is 24.3 Å². The highest BCUT2D eigenvalue weighted by Gasteiger charge is 2.27. The van der Waals surface area contributed by atoms with Gasteiger partial charge in [-0.2, -0.15) is 0 Å². The van der Waals surface area contributed by atoms with Crippen molar-refractivity contribution in [2.24, 2.45) is 0 Å². The zero-order valence-corrected chi connectivity index (χ0v) is 15.9. The summed E-state index contributed by atoms with van der Waals surface area (Å²) >= 11 is 7.46. The molecule has 0 aliphatic carbocycles. The SMILES string of the molecule is Cc1cc(Cl)ccc1NC1NC(=O)/C(=C/c2ccc(N(C)C)cc2)S1. The fourth-order valence-electron chi connectivity index (χ4n) is 2.52. The highest BCUT2D eigenvalue weighted by atomic mass is 35.5. The van der Waals surface area contributed by atoms with Crippen molar-refractivity contribution in [2.45, 2.75) is 12.4 Å². The molecule has 0 spiro atoms. The number of hydrogen-bond acceptors (Lipinski definition) is 4. The minimum absolute atomic E-state index is 0.0641. The lowest BCUT2D eigenvalue weighted by atomic mass is 10.2. The van der Waals surface area contributed by atoms with Crippen LogP contribution in [0.4, 0.5) is 11.4 Å². The number of aryl methyl sites for hydroxylation is 1. The minimum Gasteiger partial charge on any atom is -0.378 e. The van der Waals surface area contributed by atoms with Crippen molar-refractivity contribution >= 4 is 46.7 Å². The molecule has 3 rings (SSSR count). The Labute approximate surface area is 157 Å². The predicted molar refractivity (Wildman–Crippen MR) is 108 cm³/mol. The van der Waals surface area contributed by atoms with Gasteiger partial charge in [-0.25, -0.2) is 0 Å². The predicted octanol–water partition coefficient (Wildman–Crippen LogP) is 4.31. The maximum atomic E-state index is 12.2. The van der Waals surface area contributed by atoms with E-state index in [1.807, 2.05) is 74.5 Å². The van der Waals surface area contributed by atoms with Gasteiger partial charge in [-0.1, -0.05) is 35.5 Å². The number of nitrogens with one attached hydrogen (secondary N) is 2. The van der Waals surface area contributed by atoms with Crippen LogP contribution >= 0.6 is 23.4 Å². The number of nitrogens with zero attached hydrogens (tertiary/aromatic N) is 1. The van der Waals surface area contributed by atoms with E-state index < -0.39 is 0 Å². The molecule has 6 heteroatoms. The molecular weight excluding hydrogens is 354 g/mol. The molecule has 2 N–H and O–H groups in total. The third kappa shape index (κ3) is 4.30. The fourth-order valence-corrected chi connectivity index (χ4v) is 3.72. The van der Waals surface area contributed by atoms with Gasteiger partial charge in [-0.05, 0) is 54.5 Å². The van der Waals surface area contributed by atoms with Crippen molar-refractivity contribution in [1.29, 1.82) is 0 Å². The summed E-state index contributed by atoms with van der Waals surface area (Å²) in [5.74, 6) is -0.0641. The van der Waals surface area contributed by atoms with Gasteiger partial charge in [0.1, 0.15) is 0 Å². The van der Waals surface area contributed by atoms with Crippen LogP contribution in [-0.4, -0.2) is 25.5 Å². The number of amides is 1. The van der Waals surface area contributed by atoms with E-state index in [1.54, 1.807) is 0 Å². The summed E-state index contributed by atoms with van der Waals surface area (Å²) in [6, 6.07) is 13.8. The lowest BCUT2D eigenvalue weighted by Crippen LogP contribution is -2.31. The van der Waals surface area contributed by atoms with E-state index in [0.717, 1.165) is 22.5 Å². The van der Waals surface area contributed by atoms with Gasteiger partial charge in [0.25, 0.3) is 5.91 Å². The second kappa shape index (κ2) is 7.42. The maximum Gasteiger partial charge on any atom is 0.260 e. The third-order valence-electron chi connectivity index (χ3n) is 3.91. The lowest BCUT2D eigenvalue weighted by Gasteiger charge is -2.15. The number of carbonyl (C=O) groups is 1. The van der Waals surface area contributed by atoms with Crippen LogP contribution in [0.5, 0.6) is 0 Å². The number of hydrogen-bond donors (Lipinski definition) is 2. The standard InChI is InChI=1S/C19H20ClN3OS/c1-12-10-14(20)6-9-16(12)21-19-22-18(24)17(25-19)11-13-4-7-15(8-5-13)23(2)3/h4-11,19,21H,1-3H3,(H,22,24)/b17-11-. The molecule has 1 unspecified atom stereocenters. The molecule has 1 aliphatic rings. The Morgan fingerprint density at radius 1 is 1.20 bits per heavy atom. The number of carbonyl (C=O) groups excluding carboxylic acids is 1. The van der Waals surface area contributed by atoms with E-state index in [0.29, 0.717) is 9.93 Å². The minimum atomic E-state index is -0.195. The first-order valence-electron chi connectivity index (χ1n) is 7.92. The average molecular weight is 374 g/mol. The Morgan fingerprint density at radius 2 is 1.92 bits per heavy atom. The van der Waals surface area contributed by atoms with Crippen molar-refractivity contribution in [3.63, 3.8) is 0 Å². The van der Waals surface area contributed by atoms with E-state index in [9.17, 15) is 4.79 Å². The van der Waals surface area contributed by atoms with Gasteiger partial charge in [0.05, 0.1) is 4.91 Å². The molecule has 0 bridgehead atoms. The van der Waals surface area contributed by atoms with Crippen molar-refractivity contribution < 1.29 is 4.79 Å². The summed E-state index contributed by atoms with van der Waals surface area (Å²) in [4.78, 5) is 15.0. The smallest absolute Gasteiger partial charge is 0.260 e. The number of halogens is 1. The summed E-state index contributed by atoms with van der Waals surface area (Å²) < 4.78 is 0. The van der Waals surface area contributed by atoms with Crippen LogP contribution < -0.4 is 15.5 Å². The second-order valence-electron chi connectivity index (χ2n) is 6.07. The highest BCUT2D eigenvalue weighted by molar-refractivity contribution is 8.05. The molecule has 1 atom stereocenters. The number of anilines is 2. The van der Waals surface area contributed by atoms with Gasteiger partial charge in [0.2, 0.25) is 0 Å². The van der Waals surface area contributed by atoms with Crippen LogP contribution in [0.2, 0.25) is 5.02 Å². The highest BCUT2D eigenvalue weighted by Crippen LogP contribution is 2.31. The number of benzene rings is 2. The Hall–Kier alpha value is -2.11. The first-order chi connectivity index (χ1) is 11.9. The molecule has 1 saturated heterocycles. The summed E-state index contributed by atoms with van der Waals surface area (Å²) in [6.07, 6.45) is 1.91. The number of rotatable bonds is 4. The van der Waals surface area contributed by atoms with Crippen LogP contribution in [-0.2, 0) is 4.79 Å². The van der Waals surface area contributed by atoms with Gasteiger partial charge in [0, 0.05) is 30.5 Å². The van der Waals surface area contributed by atoms with E-state index in [-0.39, 0.29) is 11.4 Å². The summed E-state index contributed by atoms with van der Waals surface area (Å²) in [5.41, 5.74) is 3.94. The fraction of sp³-hybridized carbons (Fsp3) is 0.211. The average Bonchev–Trinajstić information content (AvgIpc) is 2.90. The summed E-state index contributed by atoms with van der Waals surface area (Å²) in [7, 11) is 4.01. The molecule has 1 amide bonds. The van der Waals surface area contributed by atoms with E-state index in [1.165, 1.54) is 11.8 Å². The summed E-state index contributed by atoms with van der Waals surface area (Å²) in [5, 5.41) is 6.98. The first kappa shape index (κ1) is 17.7. The molecule has 1 fully saturated rings. The molecule has 2 aromatic rings. The molecule has 130 valence electrons. The Kier molecular flexibility index (Phi) is 5.25. The van der Waals surface area contributed by atoms with Crippen molar-refractivity contribution in [3.05, 3.63) is 63.5 Å². The molecule has 1 aliphatic heterocycles. The van der Waals surface area contributed by atoms with Crippen LogP contribution in [0.25, 0.3) is 6.08 Å². The molecule has 0 radical (unpaired) electrons. The van der Waals surface area contributed by atoms with Crippen LogP contribution in [0.3, 0.4) is 0 Å². The topological polar surface area (TPSA) is 44.4 Å². The van der Waals surface area contributed by atoms with E-state index in [2.05, 4.69) is 10.6 Å². The molecule has 0 saturated carbocycles. The van der Waals surface area contributed by atoms with Crippen LogP contribution in [0.15, 0.2) is 47.4 Å². The van der Waals surface area contributed by atoms with E-state index in [4.69, 9.17) is 11.6 Å². The Morgan fingerprint density at radius 3 is 2.56 bits per heavy atom. The quantitative estimate of drug-likeness (QED) is 0.783. The molecule has 25 heavy (non-hydrogen) atoms. The Balaban J connectivity index is 1.71. The molecule has 4 nitrogen and oxygen atoms in total. The van der Waals surface area contributed by atoms with Crippen molar-refractivity contribution in [1.82, 2.24) is 5.32 Å². The molecule has 2 aromatic carbocycles. The zero-order chi connectivity index (χ0) is 18.0. The third-order valence-corrected chi connectivity index (χ3v) is 5.18. The largest absolute Gasteiger partial charge is 0.378 e. The normalized spacial score (nSPS) is 18.3.